The van der Waals surface area contributed by atoms with Crippen molar-refractivity contribution in [2.24, 2.45) is 0 Å². The van der Waals surface area contributed by atoms with Gasteiger partial charge in [-0.3, -0.25) is 0 Å². The quantitative estimate of drug-likeness (QED) is 0.0350. The highest BCUT2D eigenvalue weighted by Crippen LogP contribution is 2.16. The lowest BCUT2D eigenvalue weighted by Gasteiger charge is -2.05. The average Bonchev–Trinajstić information content (AvgIpc) is 3.14. The maximum atomic E-state index is 9.83. The summed E-state index contributed by atoms with van der Waals surface area (Å²) in [6, 6.07) is 0. The van der Waals surface area contributed by atoms with Crippen molar-refractivity contribution < 1.29 is 90.2 Å². The zero-order chi connectivity index (χ0) is 37.5. The van der Waals surface area contributed by atoms with Crippen LogP contribution < -0.4 is 0 Å². The monoisotopic (exact) mass is 764 g/mol. The van der Waals surface area contributed by atoms with Gasteiger partial charge in [0.25, 0.3) is 0 Å². The van der Waals surface area contributed by atoms with E-state index >= 15 is 0 Å². The molecular weight excluding hydrogens is 696 g/mol. The fraction of sp³-hybridized carbons (Fsp3) is 0.971. The number of rotatable bonds is 47. The summed E-state index contributed by atoms with van der Waals surface area (Å²) in [6.07, 6.45) is 40.5. The lowest BCUT2D eigenvalue weighted by atomic mass is 10.0. The Labute approximate surface area is 308 Å². The van der Waals surface area contributed by atoms with Crippen LogP contribution in [0.4, 0.5) is 4.79 Å². The van der Waals surface area contributed by atoms with E-state index in [4.69, 9.17) is 9.99 Å². The van der Waals surface area contributed by atoms with Crippen LogP contribution in [0.3, 0.4) is 0 Å². The minimum Gasteiger partial charge on any atom is -0.448 e. The van der Waals surface area contributed by atoms with E-state index in [0.29, 0.717) is 6.61 Å². The Morgan fingerprint density at radius 3 is 0.769 bits per heavy atom. The van der Waals surface area contributed by atoms with Gasteiger partial charge in [-0.2, -0.15) is 0 Å². The maximum Gasteiger partial charge on any atom is 0.540 e. The molecular formula is C34H68O18. The summed E-state index contributed by atoms with van der Waals surface area (Å²) in [5.41, 5.74) is 0. The SMILES string of the molecule is CCCCCCCCCCCCCCCCCCCCCCCCCCCCCCCCCOOOOOOOOOOOOOOOOC(=O)O. The Hall–Kier alpha value is -1.33. The molecule has 0 radical (unpaired) electrons. The van der Waals surface area contributed by atoms with Crippen LogP contribution in [0.15, 0.2) is 0 Å². The van der Waals surface area contributed by atoms with Crippen molar-refractivity contribution in [2.45, 2.75) is 206 Å². The van der Waals surface area contributed by atoms with Gasteiger partial charge in [-0.05, 0) is 41.7 Å². The van der Waals surface area contributed by atoms with E-state index < -0.39 is 6.16 Å². The normalized spacial score (nSPS) is 11.5. The molecule has 0 spiro atoms. The first-order valence-corrected chi connectivity index (χ1v) is 19.6. The Kier molecular flexibility index (Phi) is 46.5. The van der Waals surface area contributed by atoms with Gasteiger partial charge < -0.3 is 5.11 Å². The predicted molar refractivity (Wildman–Crippen MR) is 179 cm³/mol. The smallest absolute Gasteiger partial charge is 0.448 e. The van der Waals surface area contributed by atoms with Crippen LogP contribution >= 0.6 is 0 Å². The standard InChI is InChI=1S/C34H68O18/c1-2-3-4-5-6-7-8-9-10-11-12-13-14-15-16-17-18-19-20-21-22-23-24-25-26-27-28-29-30-31-32-33-37-39-41-43-45-47-49-51-52-50-48-46-44-42-40-38-34(35)36/h2-33H2,1H3,(H,35,36). The van der Waals surface area contributed by atoms with Crippen molar-refractivity contribution in [3.05, 3.63) is 0 Å². The Morgan fingerprint density at radius 1 is 0.308 bits per heavy atom. The highest BCUT2D eigenvalue weighted by atomic mass is 18.0. The predicted octanol–water partition coefficient (Wildman–Crippen LogP) is 11.8. The zero-order valence-corrected chi connectivity index (χ0v) is 31.5. The zero-order valence-electron chi connectivity index (χ0n) is 31.5. The third-order valence-corrected chi connectivity index (χ3v) is 8.35. The molecule has 0 aliphatic heterocycles. The van der Waals surface area contributed by atoms with Gasteiger partial charge in [0.05, 0.1) is 6.61 Å². The molecule has 0 aromatic rings. The number of unbranched alkanes of at least 4 members (excludes halogenated alkanes) is 30. The Bertz CT molecular complexity index is 666. The molecule has 18 nitrogen and oxygen atoms in total. The van der Waals surface area contributed by atoms with Gasteiger partial charge in [-0.1, -0.05) is 200 Å². The molecule has 0 aromatic carbocycles. The van der Waals surface area contributed by atoms with E-state index in [1.54, 1.807) is 0 Å². The first kappa shape index (κ1) is 50.7. The average molecular weight is 765 g/mol. The summed E-state index contributed by atoms with van der Waals surface area (Å²) in [5, 5.41) is 59.7. The van der Waals surface area contributed by atoms with Crippen LogP contribution in [0.25, 0.3) is 0 Å². The summed E-state index contributed by atoms with van der Waals surface area (Å²) >= 11 is 0. The minimum absolute atomic E-state index is 0.296. The summed E-state index contributed by atoms with van der Waals surface area (Å²) in [6.45, 7) is 2.59. The number of carbonyl (C=O) groups is 1. The van der Waals surface area contributed by atoms with Gasteiger partial charge in [-0.15, -0.1) is 0 Å². The van der Waals surface area contributed by atoms with Crippen molar-refractivity contribution in [2.75, 3.05) is 6.61 Å². The molecule has 0 amide bonds. The van der Waals surface area contributed by atoms with E-state index in [0.717, 1.165) is 19.3 Å². The number of hydrogen-bond donors (Lipinski definition) is 1. The van der Waals surface area contributed by atoms with E-state index in [2.05, 4.69) is 82.3 Å². The molecule has 0 bridgehead atoms. The van der Waals surface area contributed by atoms with Crippen LogP contribution in [0.5, 0.6) is 0 Å². The highest BCUT2D eigenvalue weighted by Gasteiger charge is 2.02. The summed E-state index contributed by atoms with van der Waals surface area (Å²) < 4.78 is 0. The molecule has 0 saturated heterocycles. The molecule has 0 atom stereocenters. The lowest BCUT2D eigenvalue weighted by Crippen LogP contribution is -2.06. The molecule has 1 N–H and O–H groups in total. The Morgan fingerprint density at radius 2 is 0.519 bits per heavy atom. The van der Waals surface area contributed by atoms with Gasteiger partial charge in [0, 0.05) is 35.3 Å². The van der Waals surface area contributed by atoms with Gasteiger partial charge in [0.1, 0.15) is 0 Å². The number of hydrogen-bond acceptors (Lipinski definition) is 17. The Balaban J connectivity index is 3.05. The van der Waals surface area contributed by atoms with Gasteiger partial charge in [-0.25, -0.2) is 14.6 Å². The third kappa shape index (κ3) is 48.7. The molecule has 0 saturated carbocycles. The molecule has 18 heteroatoms. The molecule has 0 unspecified atom stereocenters. The van der Waals surface area contributed by atoms with Crippen LogP contribution in [0, 0.1) is 0 Å². The number of carboxylic acid groups (broad SMARTS) is 1. The largest absolute Gasteiger partial charge is 0.540 e. The highest BCUT2D eigenvalue weighted by molar-refractivity contribution is 5.55. The molecule has 0 fully saturated rings. The molecule has 312 valence electrons. The van der Waals surface area contributed by atoms with Crippen molar-refractivity contribution in [3.8, 4) is 0 Å². The summed E-state index contributed by atoms with van der Waals surface area (Å²) in [7, 11) is 0. The topological polar surface area (TPSA) is 185 Å². The molecule has 0 aromatic heterocycles. The fourth-order valence-electron chi connectivity index (χ4n) is 5.59. The van der Waals surface area contributed by atoms with E-state index in [1.165, 1.54) is 180 Å². The van der Waals surface area contributed by atoms with Gasteiger partial charge in [0.15, 0.2) is 0 Å². The molecule has 0 heterocycles. The van der Waals surface area contributed by atoms with E-state index in [1.807, 2.05) is 0 Å². The summed E-state index contributed by atoms with van der Waals surface area (Å²) in [5.74, 6) is 0. The van der Waals surface area contributed by atoms with Crippen LogP contribution in [0.2, 0.25) is 0 Å². The fourth-order valence-corrected chi connectivity index (χ4v) is 5.59. The molecule has 0 aliphatic carbocycles. The lowest BCUT2D eigenvalue weighted by molar-refractivity contribution is -0.883. The molecule has 0 rings (SSSR count). The second-order valence-electron chi connectivity index (χ2n) is 12.7. The van der Waals surface area contributed by atoms with Crippen LogP contribution in [0.1, 0.15) is 206 Å². The maximum absolute atomic E-state index is 9.83. The second-order valence-corrected chi connectivity index (χ2v) is 12.7. The van der Waals surface area contributed by atoms with Crippen LogP contribution in [-0.4, -0.2) is 17.9 Å². The molecule has 0 aliphatic rings. The van der Waals surface area contributed by atoms with Crippen molar-refractivity contribution in [1.82, 2.24) is 0 Å². The summed E-state index contributed by atoms with van der Waals surface area (Å²) in [4.78, 5) is 17.9. The van der Waals surface area contributed by atoms with E-state index in [9.17, 15) is 4.79 Å². The third-order valence-electron chi connectivity index (χ3n) is 8.35. The first-order valence-electron chi connectivity index (χ1n) is 19.6. The van der Waals surface area contributed by atoms with Gasteiger partial charge >= 0.3 is 6.16 Å². The van der Waals surface area contributed by atoms with E-state index in [-0.39, 0.29) is 0 Å². The van der Waals surface area contributed by atoms with Crippen molar-refractivity contribution in [1.29, 1.82) is 0 Å². The van der Waals surface area contributed by atoms with Crippen LogP contribution in [-0.2, 0) is 80.3 Å². The van der Waals surface area contributed by atoms with Crippen molar-refractivity contribution >= 4 is 6.16 Å². The minimum atomic E-state index is -1.82. The second kappa shape index (κ2) is 47.7. The molecule has 52 heavy (non-hydrogen) atoms. The first-order chi connectivity index (χ1) is 25.8. The van der Waals surface area contributed by atoms with Crippen molar-refractivity contribution in [3.63, 3.8) is 0 Å². The van der Waals surface area contributed by atoms with Gasteiger partial charge in [0.2, 0.25) is 0 Å².